The molecular weight excluding hydrogens is 266 g/mol. The summed E-state index contributed by atoms with van der Waals surface area (Å²) in [6.45, 7) is 5.67. The van der Waals surface area contributed by atoms with Crippen LogP contribution in [-0.2, 0) is 19.5 Å². The molecule has 0 saturated heterocycles. The lowest BCUT2D eigenvalue weighted by Gasteiger charge is -2.24. The standard InChI is InChI=1S/C15H23N5O/c1-12(8-15-9-16-4-5-17-15)19(3)10-14-11-20(6-7-21)18-13(14)2/h4-5,9,11-12,21H,6-8,10H2,1-3H3. The summed E-state index contributed by atoms with van der Waals surface area (Å²) >= 11 is 0. The minimum Gasteiger partial charge on any atom is -0.394 e. The van der Waals surface area contributed by atoms with Gasteiger partial charge in [0.05, 0.1) is 24.5 Å². The number of hydrogen-bond donors (Lipinski definition) is 1. The van der Waals surface area contributed by atoms with Crippen LogP contribution in [0.1, 0.15) is 23.9 Å². The van der Waals surface area contributed by atoms with Gasteiger partial charge in [0.15, 0.2) is 0 Å². The van der Waals surface area contributed by atoms with Crippen LogP contribution in [0.4, 0.5) is 0 Å². The van der Waals surface area contributed by atoms with Crippen molar-refractivity contribution in [2.24, 2.45) is 0 Å². The highest BCUT2D eigenvalue weighted by Crippen LogP contribution is 2.12. The van der Waals surface area contributed by atoms with Crippen molar-refractivity contribution in [3.8, 4) is 0 Å². The molecule has 2 aromatic rings. The maximum Gasteiger partial charge on any atom is 0.0641 e. The number of aromatic nitrogens is 4. The van der Waals surface area contributed by atoms with E-state index in [1.807, 2.05) is 19.3 Å². The van der Waals surface area contributed by atoms with Gasteiger partial charge in [-0.3, -0.25) is 19.5 Å². The lowest BCUT2D eigenvalue weighted by Crippen LogP contribution is -2.30. The Hall–Kier alpha value is -1.79. The normalized spacial score (nSPS) is 12.8. The molecule has 6 heteroatoms. The molecule has 0 amide bonds. The SMILES string of the molecule is Cc1nn(CCO)cc1CN(C)C(C)Cc1cnccn1. The Morgan fingerprint density at radius 3 is 2.86 bits per heavy atom. The van der Waals surface area contributed by atoms with Gasteiger partial charge in [0.25, 0.3) is 0 Å². The summed E-state index contributed by atoms with van der Waals surface area (Å²) in [7, 11) is 2.10. The molecule has 0 radical (unpaired) electrons. The van der Waals surface area contributed by atoms with Crippen LogP contribution in [0, 0.1) is 6.92 Å². The molecule has 1 N–H and O–H groups in total. The molecule has 0 spiro atoms. The van der Waals surface area contributed by atoms with Crippen LogP contribution in [0.2, 0.25) is 0 Å². The molecule has 1 unspecified atom stereocenters. The molecule has 2 heterocycles. The zero-order chi connectivity index (χ0) is 15.2. The van der Waals surface area contributed by atoms with E-state index in [1.165, 1.54) is 5.56 Å². The van der Waals surface area contributed by atoms with Crippen LogP contribution in [-0.4, -0.2) is 49.5 Å². The van der Waals surface area contributed by atoms with Gasteiger partial charge in [0.2, 0.25) is 0 Å². The molecule has 6 nitrogen and oxygen atoms in total. The number of aliphatic hydroxyl groups excluding tert-OH is 1. The summed E-state index contributed by atoms with van der Waals surface area (Å²) < 4.78 is 1.80. The highest BCUT2D eigenvalue weighted by molar-refractivity contribution is 5.15. The molecule has 2 aromatic heterocycles. The summed E-state index contributed by atoms with van der Waals surface area (Å²) in [4.78, 5) is 10.7. The average Bonchev–Trinajstić information content (AvgIpc) is 2.80. The summed E-state index contributed by atoms with van der Waals surface area (Å²) in [6, 6.07) is 0.363. The second kappa shape index (κ2) is 7.28. The second-order valence-corrected chi connectivity index (χ2v) is 5.39. The third kappa shape index (κ3) is 4.34. The highest BCUT2D eigenvalue weighted by Gasteiger charge is 2.14. The van der Waals surface area contributed by atoms with Gasteiger partial charge in [-0.2, -0.15) is 5.10 Å². The zero-order valence-corrected chi connectivity index (χ0v) is 12.9. The Labute approximate surface area is 125 Å². The predicted octanol–water partition coefficient (Wildman–Crippen LogP) is 1.04. The maximum atomic E-state index is 8.97. The van der Waals surface area contributed by atoms with Crippen molar-refractivity contribution in [3.63, 3.8) is 0 Å². The van der Waals surface area contributed by atoms with E-state index in [0.717, 1.165) is 24.4 Å². The zero-order valence-electron chi connectivity index (χ0n) is 12.9. The van der Waals surface area contributed by atoms with Crippen molar-refractivity contribution < 1.29 is 5.11 Å². The van der Waals surface area contributed by atoms with Crippen molar-refractivity contribution >= 4 is 0 Å². The smallest absolute Gasteiger partial charge is 0.0641 e. The third-order valence-corrected chi connectivity index (χ3v) is 3.67. The minimum atomic E-state index is 0.111. The maximum absolute atomic E-state index is 8.97. The monoisotopic (exact) mass is 289 g/mol. The first-order valence-corrected chi connectivity index (χ1v) is 7.19. The van der Waals surface area contributed by atoms with Gasteiger partial charge in [-0.25, -0.2) is 0 Å². The molecule has 0 aliphatic rings. The fourth-order valence-corrected chi connectivity index (χ4v) is 2.25. The first-order valence-electron chi connectivity index (χ1n) is 7.19. The molecule has 0 aromatic carbocycles. The van der Waals surface area contributed by atoms with Crippen molar-refractivity contribution in [2.45, 2.75) is 39.4 Å². The predicted molar refractivity (Wildman–Crippen MR) is 80.7 cm³/mol. The van der Waals surface area contributed by atoms with Crippen molar-refractivity contribution in [3.05, 3.63) is 41.7 Å². The van der Waals surface area contributed by atoms with Crippen LogP contribution >= 0.6 is 0 Å². The number of aliphatic hydroxyl groups is 1. The fraction of sp³-hybridized carbons (Fsp3) is 0.533. The Kier molecular flexibility index (Phi) is 5.41. The van der Waals surface area contributed by atoms with Gasteiger partial charge in [0.1, 0.15) is 0 Å². The molecule has 1 atom stereocenters. The molecular formula is C15H23N5O. The minimum absolute atomic E-state index is 0.111. The topological polar surface area (TPSA) is 67.1 Å². The Balaban J connectivity index is 1.95. The van der Waals surface area contributed by atoms with Crippen molar-refractivity contribution in [1.29, 1.82) is 0 Å². The lowest BCUT2D eigenvalue weighted by atomic mass is 10.1. The van der Waals surface area contributed by atoms with E-state index in [0.29, 0.717) is 12.6 Å². The summed E-state index contributed by atoms with van der Waals surface area (Å²) in [5.74, 6) is 0. The van der Waals surface area contributed by atoms with Crippen LogP contribution in [0.3, 0.4) is 0 Å². The number of likely N-dealkylation sites (N-methyl/N-ethyl adjacent to an activating group) is 1. The number of hydrogen-bond acceptors (Lipinski definition) is 5. The molecule has 0 fully saturated rings. The van der Waals surface area contributed by atoms with E-state index in [9.17, 15) is 0 Å². The summed E-state index contributed by atoms with van der Waals surface area (Å²) in [5, 5.41) is 13.4. The van der Waals surface area contributed by atoms with Crippen LogP contribution in [0.25, 0.3) is 0 Å². The quantitative estimate of drug-likeness (QED) is 0.825. The number of nitrogens with zero attached hydrogens (tertiary/aromatic N) is 5. The molecule has 2 rings (SSSR count). The van der Waals surface area contributed by atoms with Gasteiger partial charge >= 0.3 is 0 Å². The van der Waals surface area contributed by atoms with E-state index in [2.05, 4.69) is 33.9 Å². The number of aryl methyl sites for hydroxylation is 1. The first kappa shape index (κ1) is 15.6. The van der Waals surface area contributed by atoms with Crippen LogP contribution in [0.5, 0.6) is 0 Å². The van der Waals surface area contributed by atoms with Crippen molar-refractivity contribution in [1.82, 2.24) is 24.6 Å². The molecule has 114 valence electrons. The molecule has 21 heavy (non-hydrogen) atoms. The Morgan fingerprint density at radius 1 is 1.38 bits per heavy atom. The van der Waals surface area contributed by atoms with Gasteiger partial charge in [-0.15, -0.1) is 0 Å². The summed E-state index contributed by atoms with van der Waals surface area (Å²) in [5.41, 5.74) is 3.21. The van der Waals surface area contributed by atoms with Crippen molar-refractivity contribution in [2.75, 3.05) is 13.7 Å². The average molecular weight is 289 g/mol. The van der Waals surface area contributed by atoms with Gasteiger partial charge < -0.3 is 5.11 Å². The molecule has 0 aliphatic heterocycles. The van der Waals surface area contributed by atoms with E-state index < -0.39 is 0 Å². The van der Waals surface area contributed by atoms with E-state index in [4.69, 9.17) is 5.11 Å². The van der Waals surface area contributed by atoms with E-state index in [-0.39, 0.29) is 6.61 Å². The van der Waals surface area contributed by atoms with Gasteiger partial charge in [-0.05, 0) is 20.9 Å². The van der Waals surface area contributed by atoms with E-state index in [1.54, 1.807) is 17.1 Å². The van der Waals surface area contributed by atoms with Gasteiger partial charge in [0, 0.05) is 49.4 Å². The summed E-state index contributed by atoms with van der Waals surface area (Å²) in [6.07, 6.45) is 8.11. The fourth-order valence-electron chi connectivity index (χ4n) is 2.25. The first-order chi connectivity index (χ1) is 10.1. The molecule has 0 aliphatic carbocycles. The van der Waals surface area contributed by atoms with Gasteiger partial charge in [-0.1, -0.05) is 0 Å². The van der Waals surface area contributed by atoms with Crippen LogP contribution in [0.15, 0.2) is 24.8 Å². The second-order valence-electron chi connectivity index (χ2n) is 5.39. The Bertz CT molecular complexity index is 554. The molecule has 0 saturated carbocycles. The largest absolute Gasteiger partial charge is 0.394 e. The van der Waals surface area contributed by atoms with Crippen LogP contribution < -0.4 is 0 Å². The third-order valence-electron chi connectivity index (χ3n) is 3.67. The molecule has 0 bridgehead atoms. The highest BCUT2D eigenvalue weighted by atomic mass is 16.3. The van der Waals surface area contributed by atoms with E-state index >= 15 is 0 Å². The Morgan fingerprint density at radius 2 is 2.19 bits per heavy atom. The number of rotatable bonds is 7. The lowest BCUT2D eigenvalue weighted by molar-refractivity contribution is 0.246.